The third-order valence-corrected chi connectivity index (χ3v) is 1.87. The Bertz CT molecular complexity index is 499. The largest absolute Gasteiger partial charge is 0.573 e. The molecule has 9 heteroatoms. The Morgan fingerprint density at radius 1 is 1.22 bits per heavy atom. The van der Waals surface area contributed by atoms with Crippen LogP contribution in [0.1, 0.15) is 16.8 Å². The van der Waals surface area contributed by atoms with Gasteiger partial charge < -0.3 is 4.74 Å². The van der Waals surface area contributed by atoms with Gasteiger partial charge in [-0.2, -0.15) is 18.4 Å². The van der Waals surface area contributed by atoms with E-state index in [4.69, 9.17) is 5.26 Å². The number of ether oxygens (including phenoxy) is 1. The third-order valence-electron chi connectivity index (χ3n) is 1.87. The molecule has 0 atom stereocenters. The van der Waals surface area contributed by atoms with Gasteiger partial charge in [0.2, 0.25) is 0 Å². The van der Waals surface area contributed by atoms with Crippen molar-refractivity contribution >= 4 is 0 Å². The van der Waals surface area contributed by atoms with Crippen LogP contribution in [-0.4, -0.2) is 11.3 Å². The first kappa shape index (κ1) is 14.1. The molecule has 0 unspecified atom stereocenters. The fraction of sp³-hybridized carbons (Fsp3) is 0.333. The van der Waals surface area contributed by atoms with E-state index in [0.717, 1.165) is 6.92 Å². The maximum absolute atomic E-state index is 12.4. The van der Waals surface area contributed by atoms with Gasteiger partial charge in [-0.15, -0.1) is 13.2 Å². The van der Waals surface area contributed by atoms with Gasteiger partial charge in [-0.1, -0.05) is 0 Å². The van der Waals surface area contributed by atoms with Gasteiger partial charge in [0, 0.05) is 11.8 Å². The molecule has 0 spiro atoms. The quantitative estimate of drug-likeness (QED) is 0.736. The van der Waals surface area contributed by atoms with Crippen molar-refractivity contribution in [2.75, 3.05) is 0 Å². The zero-order valence-corrected chi connectivity index (χ0v) is 8.65. The predicted octanol–water partition coefficient (Wildman–Crippen LogP) is 3.18. The molecule has 1 aromatic rings. The number of nitriles is 1. The zero-order valence-electron chi connectivity index (χ0n) is 8.65. The fourth-order valence-electron chi connectivity index (χ4n) is 1.21. The number of alkyl halides is 6. The van der Waals surface area contributed by atoms with Crippen LogP contribution in [0.5, 0.6) is 5.75 Å². The molecule has 0 saturated heterocycles. The maximum atomic E-state index is 12.4. The molecule has 3 nitrogen and oxygen atoms in total. The Morgan fingerprint density at radius 2 is 1.78 bits per heavy atom. The lowest BCUT2D eigenvalue weighted by molar-refractivity contribution is -0.275. The molecule has 0 saturated carbocycles. The SMILES string of the molecule is Cc1c(C(F)(F)F)ncc(C#N)c1OC(F)(F)F. The van der Waals surface area contributed by atoms with Crippen LogP contribution in [0.2, 0.25) is 0 Å². The molecule has 18 heavy (non-hydrogen) atoms. The summed E-state index contributed by atoms with van der Waals surface area (Å²) in [6.07, 6.45) is -9.74. The molecule has 0 aliphatic heterocycles. The first-order chi connectivity index (χ1) is 8.06. The number of rotatable bonds is 1. The van der Waals surface area contributed by atoms with E-state index in [2.05, 4.69) is 9.72 Å². The highest BCUT2D eigenvalue weighted by molar-refractivity contribution is 5.49. The minimum absolute atomic E-state index is 0.386. The average Bonchev–Trinajstić information content (AvgIpc) is 2.17. The van der Waals surface area contributed by atoms with E-state index in [-0.39, 0.29) is 0 Å². The van der Waals surface area contributed by atoms with Crippen LogP contribution in [0.15, 0.2) is 6.20 Å². The molecule has 0 fully saturated rings. The second kappa shape index (κ2) is 4.36. The molecule has 0 amide bonds. The van der Waals surface area contributed by atoms with Gasteiger partial charge >= 0.3 is 12.5 Å². The summed E-state index contributed by atoms with van der Waals surface area (Å²) in [5, 5.41) is 8.51. The lowest BCUT2D eigenvalue weighted by Gasteiger charge is -2.16. The minimum Gasteiger partial charge on any atom is -0.404 e. The molecule has 1 heterocycles. The molecule has 0 N–H and O–H groups in total. The Labute approximate surface area is 96.6 Å². The molecule has 1 rings (SSSR count). The zero-order chi connectivity index (χ0) is 14.1. The molecule has 0 radical (unpaired) electrons. The topological polar surface area (TPSA) is 45.9 Å². The molecule has 0 aliphatic rings. The van der Waals surface area contributed by atoms with E-state index in [1.807, 2.05) is 0 Å². The second-order valence-corrected chi connectivity index (χ2v) is 3.13. The van der Waals surface area contributed by atoms with E-state index >= 15 is 0 Å². The van der Waals surface area contributed by atoms with Gasteiger partial charge in [0.15, 0.2) is 11.4 Å². The Hall–Kier alpha value is -1.98. The van der Waals surface area contributed by atoms with Gasteiger partial charge in [0.05, 0.1) is 0 Å². The summed E-state index contributed by atoms with van der Waals surface area (Å²) < 4.78 is 76.8. The van der Waals surface area contributed by atoms with Gasteiger partial charge in [0.25, 0.3) is 0 Å². The van der Waals surface area contributed by atoms with E-state index in [9.17, 15) is 26.3 Å². The van der Waals surface area contributed by atoms with Crippen LogP contribution in [0.4, 0.5) is 26.3 Å². The molecule has 0 bridgehead atoms. The van der Waals surface area contributed by atoms with E-state index < -0.39 is 35.1 Å². The van der Waals surface area contributed by atoms with Crippen molar-refractivity contribution in [2.24, 2.45) is 0 Å². The van der Waals surface area contributed by atoms with Crippen LogP contribution >= 0.6 is 0 Å². The van der Waals surface area contributed by atoms with Gasteiger partial charge in [-0.25, -0.2) is 4.98 Å². The van der Waals surface area contributed by atoms with Gasteiger partial charge in [-0.05, 0) is 6.92 Å². The Balaban J connectivity index is 3.43. The number of hydrogen-bond donors (Lipinski definition) is 0. The second-order valence-electron chi connectivity index (χ2n) is 3.13. The van der Waals surface area contributed by atoms with Crippen LogP contribution in [0.3, 0.4) is 0 Å². The van der Waals surface area contributed by atoms with E-state index in [0.29, 0.717) is 6.20 Å². The maximum Gasteiger partial charge on any atom is 0.573 e. The summed E-state index contributed by atoms with van der Waals surface area (Å²) in [6.45, 7) is 0.748. The summed E-state index contributed by atoms with van der Waals surface area (Å²) in [5.74, 6) is -1.19. The first-order valence-corrected chi connectivity index (χ1v) is 4.29. The first-order valence-electron chi connectivity index (χ1n) is 4.29. The smallest absolute Gasteiger partial charge is 0.404 e. The highest BCUT2D eigenvalue weighted by Crippen LogP contribution is 2.37. The van der Waals surface area contributed by atoms with Gasteiger partial charge in [0.1, 0.15) is 11.6 Å². The van der Waals surface area contributed by atoms with Crippen LogP contribution < -0.4 is 4.74 Å². The van der Waals surface area contributed by atoms with E-state index in [1.54, 1.807) is 0 Å². The third kappa shape index (κ3) is 3.03. The van der Waals surface area contributed by atoms with Gasteiger partial charge in [-0.3, -0.25) is 0 Å². The number of pyridine rings is 1. The fourth-order valence-corrected chi connectivity index (χ4v) is 1.21. The minimum atomic E-state index is -5.19. The number of hydrogen-bond acceptors (Lipinski definition) is 3. The number of halogens is 6. The van der Waals surface area contributed by atoms with Crippen molar-refractivity contribution in [3.63, 3.8) is 0 Å². The normalized spacial score (nSPS) is 12.1. The molecule has 98 valence electrons. The molecule has 1 aromatic heterocycles. The summed E-state index contributed by atoms with van der Waals surface area (Å²) in [6, 6.07) is 1.28. The lowest BCUT2D eigenvalue weighted by atomic mass is 10.1. The van der Waals surface area contributed by atoms with Crippen molar-refractivity contribution in [1.82, 2.24) is 4.98 Å². The number of aromatic nitrogens is 1. The monoisotopic (exact) mass is 270 g/mol. The average molecular weight is 270 g/mol. The molecular weight excluding hydrogens is 266 g/mol. The van der Waals surface area contributed by atoms with Crippen LogP contribution in [-0.2, 0) is 6.18 Å². The summed E-state index contributed by atoms with van der Waals surface area (Å²) in [7, 11) is 0. The molecule has 0 aromatic carbocycles. The van der Waals surface area contributed by atoms with Crippen LogP contribution in [0, 0.1) is 18.3 Å². The number of nitrogens with zero attached hydrogens (tertiary/aromatic N) is 2. The van der Waals surface area contributed by atoms with Crippen molar-refractivity contribution in [1.29, 1.82) is 5.26 Å². The summed E-state index contributed by atoms with van der Waals surface area (Å²) in [5.41, 5.74) is -3.14. The van der Waals surface area contributed by atoms with Crippen molar-refractivity contribution in [2.45, 2.75) is 19.5 Å². The summed E-state index contributed by atoms with van der Waals surface area (Å²) in [4.78, 5) is 2.92. The molecule has 0 aliphatic carbocycles. The van der Waals surface area contributed by atoms with Crippen molar-refractivity contribution < 1.29 is 31.1 Å². The summed E-state index contributed by atoms with van der Waals surface area (Å²) >= 11 is 0. The standard InChI is InChI=1S/C9H4F6N2O/c1-4-6(18-9(13,14)15)5(2-16)3-17-7(4)8(10,11)12/h3H,1H3. The highest BCUT2D eigenvalue weighted by Gasteiger charge is 2.39. The lowest BCUT2D eigenvalue weighted by Crippen LogP contribution is -2.20. The van der Waals surface area contributed by atoms with Crippen molar-refractivity contribution in [3.8, 4) is 11.8 Å². The predicted molar refractivity (Wildman–Crippen MR) is 45.4 cm³/mol. The van der Waals surface area contributed by atoms with Crippen molar-refractivity contribution in [3.05, 3.63) is 23.0 Å². The Kier molecular flexibility index (Phi) is 3.41. The van der Waals surface area contributed by atoms with E-state index in [1.165, 1.54) is 6.07 Å². The highest BCUT2D eigenvalue weighted by atomic mass is 19.4. The Morgan fingerprint density at radius 3 is 2.17 bits per heavy atom. The van der Waals surface area contributed by atoms with Crippen LogP contribution in [0.25, 0.3) is 0 Å². The molecular formula is C9H4F6N2O.